The molecule has 1 atom stereocenters. The van der Waals surface area contributed by atoms with E-state index in [2.05, 4.69) is 5.32 Å². The topological polar surface area (TPSA) is 75.3 Å². The van der Waals surface area contributed by atoms with Crippen LogP contribution in [0, 0.1) is 11.6 Å². The van der Waals surface area contributed by atoms with Gasteiger partial charge in [0.15, 0.2) is 4.90 Å². The Bertz CT molecular complexity index is 555. The summed E-state index contributed by atoms with van der Waals surface area (Å²) in [5.41, 5.74) is 0. The lowest BCUT2D eigenvalue weighted by atomic mass is 10.3. The minimum Gasteiger partial charge on any atom is -0.355 e. The van der Waals surface area contributed by atoms with Gasteiger partial charge in [-0.3, -0.25) is 4.79 Å². The van der Waals surface area contributed by atoms with Crippen LogP contribution in [0.3, 0.4) is 0 Å². The largest absolute Gasteiger partial charge is 0.355 e. The maximum absolute atomic E-state index is 13.4. The van der Waals surface area contributed by atoms with Gasteiger partial charge in [-0.1, -0.05) is 6.07 Å². The van der Waals surface area contributed by atoms with Gasteiger partial charge in [-0.2, -0.15) is 4.72 Å². The van der Waals surface area contributed by atoms with Gasteiger partial charge in [-0.15, -0.1) is 0 Å². The number of sulfonamides is 1. The normalized spacial score (nSPS) is 13.1. The summed E-state index contributed by atoms with van der Waals surface area (Å²) in [7, 11) is -4.45. The highest BCUT2D eigenvalue weighted by Crippen LogP contribution is 2.18. The lowest BCUT2D eigenvalue weighted by Gasteiger charge is -2.14. The van der Waals surface area contributed by atoms with E-state index in [1.54, 1.807) is 6.92 Å². The van der Waals surface area contributed by atoms with Gasteiger partial charge in [0.1, 0.15) is 11.6 Å². The second-order valence-electron chi connectivity index (χ2n) is 3.79. The van der Waals surface area contributed by atoms with Crippen molar-refractivity contribution in [1.82, 2.24) is 10.0 Å². The third-order valence-electron chi connectivity index (χ3n) is 2.26. The summed E-state index contributed by atoms with van der Waals surface area (Å²) in [6.07, 6.45) is 0. The second-order valence-corrected chi connectivity index (χ2v) is 5.44. The van der Waals surface area contributed by atoms with Crippen molar-refractivity contribution < 1.29 is 22.0 Å². The molecule has 1 aromatic rings. The Labute approximate surface area is 110 Å². The van der Waals surface area contributed by atoms with Crippen LogP contribution in [0.15, 0.2) is 23.1 Å². The minimum absolute atomic E-state index is 0.318. The smallest absolute Gasteiger partial charge is 0.247 e. The number of benzene rings is 1. The highest BCUT2D eigenvalue weighted by atomic mass is 32.2. The number of carbonyl (C=O) groups excluding carboxylic acids is 1. The van der Waals surface area contributed by atoms with Gasteiger partial charge < -0.3 is 5.32 Å². The number of rotatable bonds is 5. The number of likely N-dealkylation sites (N-methyl/N-ethyl adjacent to an activating group) is 1. The van der Waals surface area contributed by atoms with Crippen molar-refractivity contribution in [2.45, 2.75) is 24.8 Å². The van der Waals surface area contributed by atoms with E-state index in [0.29, 0.717) is 6.54 Å². The van der Waals surface area contributed by atoms with Gasteiger partial charge in [-0.05, 0) is 26.0 Å². The first-order valence-electron chi connectivity index (χ1n) is 5.53. The molecular weight excluding hydrogens is 278 g/mol. The Morgan fingerprint density at radius 3 is 2.32 bits per heavy atom. The van der Waals surface area contributed by atoms with Crippen molar-refractivity contribution in [2.75, 3.05) is 6.54 Å². The average Bonchev–Trinajstić information content (AvgIpc) is 2.27. The molecule has 0 unspecified atom stereocenters. The quantitative estimate of drug-likeness (QED) is 0.841. The summed E-state index contributed by atoms with van der Waals surface area (Å²) in [6, 6.07) is 1.57. The van der Waals surface area contributed by atoms with Gasteiger partial charge in [-0.25, -0.2) is 17.2 Å². The summed E-state index contributed by atoms with van der Waals surface area (Å²) < 4.78 is 52.3. The molecule has 0 spiro atoms. The third kappa shape index (κ3) is 3.71. The first-order chi connectivity index (χ1) is 8.79. The van der Waals surface area contributed by atoms with E-state index >= 15 is 0 Å². The van der Waals surface area contributed by atoms with Crippen LogP contribution in [-0.4, -0.2) is 26.9 Å². The van der Waals surface area contributed by atoms with Crippen molar-refractivity contribution in [2.24, 2.45) is 0 Å². The van der Waals surface area contributed by atoms with Gasteiger partial charge >= 0.3 is 0 Å². The SMILES string of the molecule is CCNC(=O)[C@@H](C)NS(=O)(=O)c1c(F)cccc1F. The standard InChI is InChI=1S/C11H14F2N2O3S/c1-3-14-11(16)7(2)15-19(17,18)10-8(12)5-4-6-9(10)13/h4-7,15H,3H2,1-2H3,(H,14,16)/t7-/m1/s1. The van der Waals surface area contributed by atoms with Gasteiger partial charge in [0.05, 0.1) is 6.04 Å². The van der Waals surface area contributed by atoms with E-state index in [1.807, 2.05) is 4.72 Å². The zero-order valence-electron chi connectivity index (χ0n) is 10.4. The molecule has 5 nitrogen and oxygen atoms in total. The lowest BCUT2D eigenvalue weighted by molar-refractivity contribution is -0.122. The molecule has 0 radical (unpaired) electrons. The highest BCUT2D eigenvalue weighted by molar-refractivity contribution is 7.89. The third-order valence-corrected chi connectivity index (χ3v) is 3.86. The summed E-state index contributed by atoms with van der Waals surface area (Å²) in [5.74, 6) is -3.01. The Hall–Kier alpha value is -1.54. The van der Waals surface area contributed by atoms with E-state index in [9.17, 15) is 22.0 Å². The molecule has 0 fully saturated rings. The van der Waals surface area contributed by atoms with Crippen LogP contribution >= 0.6 is 0 Å². The molecule has 0 heterocycles. The minimum atomic E-state index is -4.45. The second kappa shape index (κ2) is 6.07. The zero-order valence-corrected chi connectivity index (χ0v) is 11.2. The molecule has 2 N–H and O–H groups in total. The van der Waals surface area contributed by atoms with Crippen molar-refractivity contribution >= 4 is 15.9 Å². The molecule has 0 aromatic heterocycles. The first-order valence-corrected chi connectivity index (χ1v) is 7.02. The van der Waals surface area contributed by atoms with Crippen LogP contribution in [0.1, 0.15) is 13.8 Å². The Morgan fingerprint density at radius 2 is 1.84 bits per heavy atom. The molecule has 0 saturated heterocycles. The zero-order chi connectivity index (χ0) is 14.6. The number of hydrogen-bond donors (Lipinski definition) is 2. The molecule has 1 aromatic carbocycles. The number of hydrogen-bond acceptors (Lipinski definition) is 3. The van der Waals surface area contributed by atoms with E-state index < -0.39 is 38.5 Å². The summed E-state index contributed by atoms with van der Waals surface area (Å²) in [6.45, 7) is 3.26. The Kier molecular flexibility index (Phi) is 4.96. The Morgan fingerprint density at radius 1 is 1.32 bits per heavy atom. The maximum atomic E-state index is 13.4. The molecule has 106 valence electrons. The molecule has 0 aliphatic rings. The predicted octanol–water partition coefficient (Wildman–Crippen LogP) is 0.768. The van der Waals surface area contributed by atoms with Crippen molar-refractivity contribution in [3.05, 3.63) is 29.8 Å². The van der Waals surface area contributed by atoms with Crippen LogP contribution in [0.4, 0.5) is 8.78 Å². The van der Waals surface area contributed by atoms with Gasteiger partial charge in [0, 0.05) is 6.54 Å². The number of nitrogens with one attached hydrogen (secondary N) is 2. The molecule has 0 saturated carbocycles. The summed E-state index contributed by atoms with van der Waals surface area (Å²) >= 11 is 0. The van der Waals surface area contributed by atoms with Crippen LogP contribution in [0.25, 0.3) is 0 Å². The van der Waals surface area contributed by atoms with Crippen molar-refractivity contribution in [3.63, 3.8) is 0 Å². The van der Waals surface area contributed by atoms with Crippen LogP contribution in [0.5, 0.6) is 0 Å². The molecule has 0 bridgehead atoms. The molecule has 8 heteroatoms. The fourth-order valence-corrected chi connectivity index (χ4v) is 2.75. The van der Waals surface area contributed by atoms with Gasteiger partial charge in [0.2, 0.25) is 15.9 Å². The number of amides is 1. The summed E-state index contributed by atoms with van der Waals surface area (Å²) in [4.78, 5) is 10.3. The first kappa shape index (κ1) is 15.5. The van der Waals surface area contributed by atoms with Crippen molar-refractivity contribution in [3.8, 4) is 0 Å². The highest BCUT2D eigenvalue weighted by Gasteiger charge is 2.27. The molecule has 0 aliphatic heterocycles. The fraction of sp³-hybridized carbons (Fsp3) is 0.364. The van der Waals surface area contributed by atoms with E-state index in [-0.39, 0.29) is 0 Å². The van der Waals surface area contributed by atoms with Crippen molar-refractivity contribution in [1.29, 1.82) is 0 Å². The van der Waals surface area contributed by atoms with Crippen LogP contribution in [0.2, 0.25) is 0 Å². The Balaban J connectivity index is 3.03. The monoisotopic (exact) mass is 292 g/mol. The fourth-order valence-electron chi connectivity index (χ4n) is 1.41. The van der Waals surface area contributed by atoms with Gasteiger partial charge in [0.25, 0.3) is 0 Å². The molecular formula is C11H14F2N2O3S. The summed E-state index contributed by atoms with van der Waals surface area (Å²) in [5, 5.41) is 2.40. The predicted molar refractivity (Wildman–Crippen MR) is 64.8 cm³/mol. The molecule has 1 amide bonds. The van der Waals surface area contributed by atoms with Crippen LogP contribution in [-0.2, 0) is 14.8 Å². The molecule has 1 rings (SSSR count). The number of halogens is 2. The van der Waals surface area contributed by atoms with E-state index in [4.69, 9.17) is 0 Å². The van der Waals surface area contributed by atoms with Crippen LogP contribution < -0.4 is 10.0 Å². The lowest BCUT2D eigenvalue weighted by Crippen LogP contribution is -2.45. The average molecular weight is 292 g/mol. The molecule has 19 heavy (non-hydrogen) atoms. The van der Waals surface area contributed by atoms with E-state index in [0.717, 1.165) is 18.2 Å². The molecule has 0 aliphatic carbocycles. The maximum Gasteiger partial charge on any atom is 0.247 e. The van der Waals surface area contributed by atoms with E-state index in [1.165, 1.54) is 6.92 Å². The number of carbonyl (C=O) groups is 1.